The highest BCUT2D eigenvalue weighted by molar-refractivity contribution is 9.11. The van der Waals surface area contributed by atoms with Gasteiger partial charge in [-0.3, -0.25) is 9.59 Å². The fraction of sp³-hybridized carbons (Fsp3) is 0.231. The second-order valence-electron chi connectivity index (χ2n) is 4.01. The monoisotopic (exact) mass is 340 g/mol. The fourth-order valence-corrected chi connectivity index (χ4v) is 2.93. The zero-order valence-corrected chi connectivity index (χ0v) is 12.8. The Kier molecular flexibility index (Phi) is 4.55. The molecule has 0 aliphatic carbocycles. The summed E-state index contributed by atoms with van der Waals surface area (Å²) < 4.78 is 2.51. The molecule has 100 valence electrons. The first-order valence-electron chi connectivity index (χ1n) is 5.87. The molecule has 0 spiro atoms. The number of pyridine rings is 1. The maximum absolute atomic E-state index is 12.0. The Labute approximate surface area is 123 Å². The quantitative estimate of drug-likeness (QED) is 0.927. The van der Waals surface area contributed by atoms with Crippen molar-refractivity contribution in [3.63, 3.8) is 0 Å². The molecule has 1 amide bonds. The van der Waals surface area contributed by atoms with Crippen molar-refractivity contribution in [3.05, 3.63) is 49.5 Å². The normalized spacial score (nSPS) is 10.4. The lowest BCUT2D eigenvalue weighted by Crippen LogP contribution is -2.20. The maximum Gasteiger partial charge on any atom is 0.265 e. The van der Waals surface area contributed by atoms with E-state index >= 15 is 0 Å². The van der Waals surface area contributed by atoms with Crippen LogP contribution in [0.15, 0.2) is 39.0 Å². The van der Waals surface area contributed by atoms with E-state index in [2.05, 4.69) is 21.2 Å². The highest BCUT2D eigenvalue weighted by Crippen LogP contribution is 2.22. The minimum Gasteiger partial charge on any atom is -0.320 e. The lowest BCUT2D eigenvalue weighted by atomic mass is 10.3. The SMILES string of the molecule is CCCn1cc(NC(=O)c2ccc(Br)s2)ccc1=O. The van der Waals surface area contributed by atoms with E-state index in [1.807, 2.05) is 13.0 Å². The molecule has 2 aromatic rings. The number of aryl methyl sites for hydroxylation is 1. The molecule has 0 aliphatic rings. The first-order valence-corrected chi connectivity index (χ1v) is 7.48. The number of hydrogen-bond acceptors (Lipinski definition) is 3. The van der Waals surface area contributed by atoms with Gasteiger partial charge in [-0.25, -0.2) is 0 Å². The summed E-state index contributed by atoms with van der Waals surface area (Å²) in [4.78, 5) is 24.2. The Morgan fingerprint density at radius 1 is 1.37 bits per heavy atom. The van der Waals surface area contributed by atoms with Gasteiger partial charge in [0.05, 0.1) is 14.4 Å². The number of nitrogens with zero attached hydrogens (tertiary/aromatic N) is 1. The van der Waals surface area contributed by atoms with E-state index in [1.165, 1.54) is 17.4 Å². The summed E-state index contributed by atoms with van der Waals surface area (Å²) in [6.45, 7) is 2.65. The minimum atomic E-state index is -0.169. The van der Waals surface area contributed by atoms with Crippen molar-refractivity contribution in [2.75, 3.05) is 5.32 Å². The van der Waals surface area contributed by atoms with Crippen LogP contribution in [0, 0.1) is 0 Å². The average Bonchev–Trinajstić information content (AvgIpc) is 2.80. The second kappa shape index (κ2) is 6.16. The molecule has 2 aromatic heterocycles. The van der Waals surface area contributed by atoms with Crippen molar-refractivity contribution in [2.45, 2.75) is 19.9 Å². The van der Waals surface area contributed by atoms with Crippen LogP contribution >= 0.6 is 27.3 Å². The molecule has 0 saturated carbocycles. The van der Waals surface area contributed by atoms with Gasteiger partial charge in [-0.1, -0.05) is 6.92 Å². The molecular weight excluding hydrogens is 328 g/mol. The summed E-state index contributed by atoms with van der Waals surface area (Å²) in [6, 6.07) is 6.67. The predicted octanol–water partition coefficient (Wildman–Crippen LogP) is 3.33. The summed E-state index contributed by atoms with van der Waals surface area (Å²) in [5.74, 6) is -0.169. The summed E-state index contributed by atoms with van der Waals surface area (Å²) >= 11 is 4.69. The van der Waals surface area contributed by atoms with Gasteiger partial charge < -0.3 is 9.88 Å². The molecule has 2 heterocycles. The molecule has 4 nitrogen and oxygen atoms in total. The van der Waals surface area contributed by atoms with Gasteiger partial charge in [0.2, 0.25) is 0 Å². The van der Waals surface area contributed by atoms with Crippen LogP contribution in [0.2, 0.25) is 0 Å². The molecule has 0 atom stereocenters. The molecule has 19 heavy (non-hydrogen) atoms. The third kappa shape index (κ3) is 3.54. The Bertz CT molecular complexity index is 648. The molecule has 0 aromatic carbocycles. The van der Waals surface area contributed by atoms with Gasteiger partial charge in [-0.2, -0.15) is 0 Å². The summed E-state index contributed by atoms with van der Waals surface area (Å²) in [7, 11) is 0. The van der Waals surface area contributed by atoms with E-state index in [1.54, 1.807) is 22.9 Å². The lowest BCUT2D eigenvalue weighted by molar-refractivity contribution is 0.103. The number of aromatic nitrogens is 1. The standard InChI is InChI=1S/C13H13BrN2O2S/c1-2-7-16-8-9(3-6-12(16)17)15-13(18)10-4-5-11(14)19-10/h3-6,8H,2,7H2,1H3,(H,15,18). The number of rotatable bonds is 4. The Balaban J connectivity index is 2.17. The van der Waals surface area contributed by atoms with Gasteiger partial charge in [0.15, 0.2) is 0 Å². The molecular formula is C13H13BrN2O2S. The maximum atomic E-state index is 12.0. The van der Waals surface area contributed by atoms with Gasteiger partial charge in [-0.15, -0.1) is 11.3 Å². The van der Waals surface area contributed by atoms with Crippen molar-refractivity contribution in [3.8, 4) is 0 Å². The number of nitrogens with one attached hydrogen (secondary N) is 1. The van der Waals surface area contributed by atoms with E-state index in [0.29, 0.717) is 17.1 Å². The number of carbonyl (C=O) groups excluding carboxylic acids is 1. The van der Waals surface area contributed by atoms with Crippen LogP contribution in [0.1, 0.15) is 23.0 Å². The van der Waals surface area contributed by atoms with E-state index < -0.39 is 0 Å². The third-order valence-electron chi connectivity index (χ3n) is 2.50. The zero-order valence-electron chi connectivity index (χ0n) is 10.4. The largest absolute Gasteiger partial charge is 0.320 e. The second-order valence-corrected chi connectivity index (χ2v) is 6.47. The smallest absolute Gasteiger partial charge is 0.265 e. The number of thiophene rings is 1. The van der Waals surface area contributed by atoms with E-state index in [0.717, 1.165) is 10.2 Å². The van der Waals surface area contributed by atoms with Crippen LogP contribution in [-0.2, 0) is 6.54 Å². The van der Waals surface area contributed by atoms with Crippen LogP contribution in [0.5, 0.6) is 0 Å². The summed E-state index contributed by atoms with van der Waals surface area (Å²) in [6.07, 6.45) is 2.54. The Morgan fingerprint density at radius 2 is 2.16 bits per heavy atom. The number of amides is 1. The van der Waals surface area contributed by atoms with Gasteiger partial charge in [0.25, 0.3) is 11.5 Å². The predicted molar refractivity (Wildman–Crippen MR) is 81.0 cm³/mol. The van der Waals surface area contributed by atoms with Crippen LogP contribution in [-0.4, -0.2) is 10.5 Å². The molecule has 0 fully saturated rings. The van der Waals surface area contributed by atoms with Gasteiger partial charge in [0, 0.05) is 18.8 Å². The van der Waals surface area contributed by atoms with E-state index in [-0.39, 0.29) is 11.5 Å². The summed E-state index contributed by atoms with van der Waals surface area (Å²) in [5.41, 5.74) is 0.571. The first-order chi connectivity index (χ1) is 9.10. The molecule has 2 rings (SSSR count). The number of anilines is 1. The van der Waals surface area contributed by atoms with Crippen molar-refractivity contribution >= 4 is 38.9 Å². The molecule has 6 heteroatoms. The molecule has 0 aliphatic heterocycles. The lowest BCUT2D eigenvalue weighted by Gasteiger charge is -2.07. The van der Waals surface area contributed by atoms with E-state index in [4.69, 9.17) is 0 Å². The van der Waals surface area contributed by atoms with E-state index in [9.17, 15) is 9.59 Å². The molecule has 0 unspecified atom stereocenters. The molecule has 1 N–H and O–H groups in total. The van der Waals surface area contributed by atoms with Crippen LogP contribution in [0.4, 0.5) is 5.69 Å². The first kappa shape index (κ1) is 14.0. The Hall–Kier alpha value is -1.40. The van der Waals surface area contributed by atoms with Crippen molar-refractivity contribution < 1.29 is 4.79 Å². The number of carbonyl (C=O) groups is 1. The molecule has 0 bridgehead atoms. The van der Waals surface area contributed by atoms with Crippen LogP contribution in [0.3, 0.4) is 0 Å². The third-order valence-corrected chi connectivity index (χ3v) is 4.13. The highest BCUT2D eigenvalue weighted by atomic mass is 79.9. The van der Waals surface area contributed by atoms with Gasteiger partial charge in [-0.05, 0) is 40.5 Å². The number of halogens is 1. The van der Waals surface area contributed by atoms with Crippen molar-refractivity contribution in [2.24, 2.45) is 0 Å². The molecule has 0 radical (unpaired) electrons. The van der Waals surface area contributed by atoms with Gasteiger partial charge >= 0.3 is 0 Å². The highest BCUT2D eigenvalue weighted by Gasteiger charge is 2.09. The average molecular weight is 341 g/mol. The van der Waals surface area contributed by atoms with Crippen molar-refractivity contribution in [1.82, 2.24) is 4.57 Å². The topological polar surface area (TPSA) is 51.1 Å². The fourth-order valence-electron chi connectivity index (χ4n) is 1.65. The van der Waals surface area contributed by atoms with Crippen LogP contribution in [0.25, 0.3) is 0 Å². The Morgan fingerprint density at radius 3 is 2.79 bits per heavy atom. The summed E-state index contributed by atoms with van der Waals surface area (Å²) in [5, 5.41) is 2.79. The van der Waals surface area contributed by atoms with Gasteiger partial charge in [0.1, 0.15) is 0 Å². The zero-order chi connectivity index (χ0) is 13.8. The minimum absolute atomic E-state index is 0.0567. The number of hydrogen-bond donors (Lipinski definition) is 1. The van der Waals surface area contributed by atoms with Crippen LogP contribution < -0.4 is 10.9 Å². The van der Waals surface area contributed by atoms with Crippen molar-refractivity contribution in [1.29, 1.82) is 0 Å². The molecule has 0 saturated heterocycles.